The van der Waals surface area contributed by atoms with Gasteiger partial charge in [0, 0.05) is 0 Å². The summed E-state index contributed by atoms with van der Waals surface area (Å²) in [6.07, 6.45) is 0.985. The minimum absolute atomic E-state index is 0.0623. The first kappa shape index (κ1) is 18.5. The summed E-state index contributed by atoms with van der Waals surface area (Å²) >= 11 is 0. The van der Waals surface area contributed by atoms with E-state index in [-0.39, 0.29) is 12.5 Å². The lowest BCUT2D eigenvalue weighted by Crippen LogP contribution is -3.16. The van der Waals surface area contributed by atoms with Gasteiger partial charge in [0.2, 0.25) is 0 Å². The summed E-state index contributed by atoms with van der Waals surface area (Å²) in [6, 6.07) is 9.46. The van der Waals surface area contributed by atoms with E-state index in [1.54, 1.807) is 17.0 Å². The number of nitrogens with one attached hydrogen (secondary N) is 1. The van der Waals surface area contributed by atoms with Crippen LogP contribution in [-0.4, -0.2) is 61.3 Å². The van der Waals surface area contributed by atoms with Gasteiger partial charge in [-0.15, -0.1) is 0 Å². The van der Waals surface area contributed by atoms with E-state index in [4.69, 9.17) is 9.15 Å². The molecule has 0 aliphatic carbocycles. The molecule has 1 saturated heterocycles. The zero-order valence-electron chi connectivity index (χ0n) is 15.4. The highest BCUT2D eigenvalue weighted by Gasteiger charge is 2.27. The summed E-state index contributed by atoms with van der Waals surface area (Å²) in [5, 5.41) is 10.3. The second kappa shape index (κ2) is 8.38. The first-order valence-corrected chi connectivity index (χ1v) is 9.07. The monoisotopic (exact) mass is 359 g/mol. The fraction of sp³-hybridized carbons (Fsp3) is 0.450. The van der Waals surface area contributed by atoms with Crippen molar-refractivity contribution in [1.82, 2.24) is 4.90 Å². The van der Waals surface area contributed by atoms with Gasteiger partial charge in [0.05, 0.1) is 32.4 Å². The van der Waals surface area contributed by atoms with Crippen molar-refractivity contribution in [2.75, 3.05) is 39.3 Å². The average molecular weight is 359 g/mol. The Bertz CT molecular complexity index is 701. The van der Waals surface area contributed by atoms with Crippen molar-refractivity contribution < 1.29 is 24.0 Å². The van der Waals surface area contributed by atoms with Gasteiger partial charge < -0.3 is 24.1 Å². The fourth-order valence-corrected chi connectivity index (χ4v) is 3.39. The summed E-state index contributed by atoms with van der Waals surface area (Å²) in [5.74, 6) is 1.12. The summed E-state index contributed by atoms with van der Waals surface area (Å²) in [6.45, 7) is 7.92. The molecule has 0 spiro atoms. The number of piperazine rings is 1. The number of benzene rings is 1. The first-order chi connectivity index (χ1) is 12.5. The van der Waals surface area contributed by atoms with Crippen LogP contribution in [0.3, 0.4) is 0 Å². The molecule has 0 bridgehead atoms. The van der Waals surface area contributed by atoms with Crippen LogP contribution in [0.5, 0.6) is 5.75 Å². The number of furan rings is 1. The molecule has 0 radical (unpaired) electrons. The van der Waals surface area contributed by atoms with Crippen LogP contribution in [0.15, 0.2) is 41.0 Å². The largest absolute Gasteiger partial charge is 0.491 e. The van der Waals surface area contributed by atoms with Crippen molar-refractivity contribution >= 4 is 5.91 Å². The highest BCUT2D eigenvalue weighted by atomic mass is 16.5. The summed E-state index contributed by atoms with van der Waals surface area (Å²) in [7, 11) is 0. The number of quaternary nitrogens is 1. The maximum Gasteiger partial charge on any atom is 0.289 e. The number of hydrogen-bond donors (Lipinski definition) is 2. The van der Waals surface area contributed by atoms with E-state index in [1.165, 1.54) is 11.2 Å². The number of ether oxygens (including phenoxy) is 1. The normalized spacial score (nSPS) is 16.5. The quantitative estimate of drug-likeness (QED) is 0.796. The minimum Gasteiger partial charge on any atom is -0.491 e. The lowest BCUT2D eigenvalue weighted by molar-refractivity contribution is -0.907. The Hall–Kier alpha value is -2.31. The van der Waals surface area contributed by atoms with Crippen molar-refractivity contribution in [3.63, 3.8) is 0 Å². The molecular weight excluding hydrogens is 332 g/mol. The number of aliphatic hydroxyl groups excluding tert-OH is 1. The zero-order valence-corrected chi connectivity index (χ0v) is 15.4. The molecule has 2 N–H and O–H groups in total. The second-order valence-electron chi connectivity index (χ2n) is 7.01. The van der Waals surface area contributed by atoms with Gasteiger partial charge in [0.25, 0.3) is 5.91 Å². The SMILES string of the molecule is Cc1cc(C)cc(OC[C@H](O)C[NH+]2CCN(C(=O)c3ccco3)CC2)c1. The van der Waals surface area contributed by atoms with Crippen LogP contribution < -0.4 is 9.64 Å². The third kappa shape index (κ3) is 4.86. The number of aliphatic hydroxyl groups is 1. The Labute approximate surface area is 154 Å². The van der Waals surface area contributed by atoms with E-state index in [9.17, 15) is 9.90 Å². The van der Waals surface area contributed by atoms with Crippen LogP contribution in [-0.2, 0) is 0 Å². The van der Waals surface area contributed by atoms with Crippen LogP contribution in [0.1, 0.15) is 21.7 Å². The molecule has 1 aliphatic heterocycles. The van der Waals surface area contributed by atoms with Crippen LogP contribution in [0.2, 0.25) is 0 Å². The van der Waals surface area contributed by atoms with Gasteiger partial charge >= 0.3 is 0 Å². The number of hydrogen-bond acceptors (Lipinski definition) is 4. The molecule has 2 heterocycles. The Kier molecular flexibility index (Phi) is 5.96. The number of rotatable bonds is 6. The molecular formula is C20H27N2O4+. The number of carbonyl (C=O) groups excluding carboxylic acids is 1. The van der Waals surface area contributed by atoms with Gasteiger partial charge in [0.1, 0.15) is 25.0 Å². The number of amides is 1. The molecule has 1 atom stereocenters. The Morgan fingerprint density at radius 2 is 1.96 bits per heavy atom. The molecule has 6 nitrogen and oxygen atoms in total. The van der Waals surface area contributed by atoms with E-state index >= 15 is 0 Å². The topological polar surface area (TPSA) is 67.3 Å². The second-order valence-corrected chi connectivity index (χ2v) is 7.01. The molecule has 3 rings (SSSR count). The lowest BCUT2D eigenvalue weighted by Gasteiger charge is -2.32. The summed E-state index contributed by atoms with van der Waals surface area (Å²) < 4.78 is 10.9. The predicted molar refractivity (Wildman–Crippen MR) is 97.6 cm³/mol. The maximum atomic E-state index is 12.3. The molecule has 1 aliphatic rings. The van der Waals surface area contributed by atoms with Gasteiger partial charge in [-0.05, 0) is 49.2 Å². The molecule has 1 aromatic heterocycles. The molecule has 140 valence electrons. The fourth-order valence-electron chi connectivity index (χ4n) is 3.39. The Morgan fingerprint density at radius 1 is 1.27 bits per heavy atom. The number of aryl methyl sites for hydroxylation is 2. The van der Waals surface area contributed by atoms with Crippen molar-refractivity contribution in [1.29, 1.82) is 0 Å². The van der Waals surface area contributed by atoms with Crippen molar-refractivity contribution in [3.05, 3.63) is 53.5 Å². The molecule has 1 amide bonds. The molecule has 1 fully saturated rings. The molecule has 2 aromatic rings. The van der Waals surface area contributed by atoms with Crippen molar-refractivity contribution in [2.24, 2.45) is 0 Å². The van der Waals surface area contributed by atoms with Crippen LogP contribution in [0.25, 0.3) is 0 Å². The highest BCUT2D eigenvalue weighted by Crippen LogP contribution is 2.16. The van der Waals surface area contributed by atoms with Gasteiger partial charge in [-0.3, -0.25) is 4.79 Å². The Morgan fingerprint density at radius 3 is 2.58 bits per heavy atom. The van der Waals surface area contributed by atoms with Gasteiger partial charge in [-0.2, -0.15) is 0 Å². The predicted octanol–water partition coefficient (Wildman–Crippen LogP) is 0.677. The van der Waals surface area contributed by atoms with Gasteiger partial charge in [0.15, 0.2) is 5.76 Å². The molecule has 6 heteroatoms. The van der Waals surface area contributed by atoms with Crippen LogP contribution in [0.4, 0.5) is 0 Å². The van der Waals surface area contributed by atoms with Gasteiger partial charge in [-0.25, -0.2) is 0 Å². The van der Waals surface area contributed by atoms with E-state index < -0.39 is 6.10 Å². The highest BCUT2D eigenvalue weighted by molar-refractivity contribution is 5.91. The molecule has 0 unspecified atom stereocenters. The third-order valence-electron chi connectivity index (χ3n) is 4.65. The molecule has 1 aromatic carbocycles. The van der Waals surface area contributed by atoms with E-state index in [0.717, 1.165) is 30.0 Å². The summed E-state index contributed by atoms with van der Waals surface area (Å²) in [4.78, 5) is 15.3. The number of carbonyl (C=O) groups is 1. The third-order valence-corrected chi connectivity index (χ3v) is 4.65. The standard InChI is InChI=1S/C20H26N2O4/c1-15-10-16(2)12-18(11-15)26-14-17(23)13-21-5-7-22(8-6-21)20(24)19-4-3-9-25-19/h3-4,9-12,17,23H,5-8,13-14H2,1-2H3/p+1/t17-/m1/s1. The lowest BCUT2D eigenvalue weighted by atomic mass is 10.1. The van der Waals surface area contributed by atoms with E-state index in [1.807, 2.05) is 26.0 Å². The number of nitrogens with zero attached hydrogens (tertiary/aromatic N) is 1. The molecule has 26 heavy (non-hydrogen) atoms. The smallest absolute Gasteiger partial charge is 0.289 e. The van der Waals surface area contributed by atoms with Crippen LogP contribution in [0, 0.1) is 13.8 Å². The Balaban J connectivity index is 1.42. The van der Waals surface area contributed by atoms with E-state index in [0.29, 0.717) is 25.4 Å². The van der Waals surface area contributed by atoms with Crippen LogP contribution >= 0.6 is 0 Å². The molecule has 0 saturated carbocycles. The average Bonchev–Trinajstić information content (AvgIpc) is 3.14. The van der Waals surface area contributed by atoms with Crippen molar-refractivity contribution in [3.8, 4) is 5.75 Å². The van der Waals surface area contributed by atoms with Crippen molar-refractivity contribution in [2.45, 2.75) is 20.0 Å². The zero-order chi connectivity index (χ0) is 18.5. The first-order valence-electron chi connectivity index (χ1n) is 9.07. The van der Waals surface area contributed by atoms with Gasteiger partial charge in [-0.1, -0.05) is 6.07 Å². The maximum absolute atomic E-state index is 12.3. The van der Waals surface area contributed by atoms with E-state index in [2.05, 4.69) is 6.07 Å². The summed E-state index contributed by atoms with van der Waals surface area (Å²) in [5.41, 5.74) is 2.30. The minimum atomic E-state index is -0.529.